The van der Waals surface area contributed by atoms with Gasteiger partial charge in [-0.1, -0.05) is 45.1 Å². The average molecular weight is 472 g/mol. The van der Waals surface area contributed by atoms with Crippen molar-refractivity contribution in [2.24, 2.45) is 5.92 Å². The van der Waals surface area contributed by atoms with Crippen LogP contribution >= 0.6 is 0 Å². The van der Waals surface area contributed by atoms with Gasteiger partial charge in [0.15, 0.2) is 0 Å². The minimum atomic E-state index is -0.305. The highest BCUT2D eigenvalue weighted by atomic mass is 16.5. The highest BCUT2D eigenvalue weighted by Crippen LogP contribution is 2.48. The van der Waals surface area contributed by atoms with Gasteiger partial charge in [-0.2, -0.15) is 0 Å². The monoisotopic (exact) mass is 471 g/mol. The van der Waals surface area contributed by atoms with Gasteiger partial charge in [-0.25, -0.2) is 0 Å². The normalized spacial score (nSPS) is 23.5. The van der Waals surface area contributed by atoms with Crippen molar-refractivity contribution in [3.8, 4) is 0 Å². The Morgan fingerprint density at radius 1 is 1.26 bits per heavy atom. The van der Waals surface area contributed by atoms with E-state index in [2.05, 4.69) is 41.7 Å². The SMILES string of the molecule is C=C/C=C1\C(=C/C(C)CC)CN2C(=O)c3cc4[nH]c(=O)c5nnc(C6CCOCC6)n5c4cc3C12. The van der Waals surface area contributed by atoms with Crippen molar-refractivity contribution >= 4 is 22.6 Å². The van der Waals surface area contributed by atoms with Crippen LogP contribution in [0.4, 0.5) is 0 Å². The molecule has 1 amide bonds. The summed E-state index contributed by atoms with van der Waals surface area (Å²) in [5.41, 5.74) is 5.29. The minimum absolute atomic E-state index is 0.0104. The van der Waals surface area contributed by atoms with Gasteiger partial charge in [-0.05, 0) is 47.6 Å². The first-order valence-corrected chi connectivity index (χ1v) is 12.4. The predicted molar refractivity (Wildman–Crippen MR) is 134 cm³/mol. The van der Waals surface area contributed by atoms with E-state index < -0.39 is 0 Å². The molecular weight excluding hydrogens is 442 g/mol. The number of amides is 1. The molecule has 8 nitrogen and oxygen atoms in total. The highest BCUT2D eigenvalue weighted by molar-refractivity contribution is 6.04. The number of rotatable bonds is 4. The Morgan fingerprint density at radius 3 is 2.80 bits per heavy atom. The zero-order valence-electron chi connectivity index (χ0n) is 20.1. The third-order valence-electron chi connectivity index (χ3n) is 7.67. The van der Waals surface area contributed by atoms with E-state index in [1.54, 1.807) is 6.08 Å². The van der Waals surface area contributed by atoms with Crippen molar-refractivity contribution in [2.45, 2.75) is 45.1 Å². The van der Waals surface area contributed by atoms with Crippen molar-refractivity contribution in [1.82, 2.24) is 24.5 Å². The van der Waals surface area contributed by atoms with Crippen molar-refractivity contribution in [2.75, 3.05) is 19.8 Å². The van der Waals surface area contributed by atoms with Crippen LogP contribution in [0.25, 0.3) is 16.7 Å². The van der Waals surface area contributed by atoms with Crippen LogP contribution in [0.2, 0.25) is 0 Å². The molecular formula is C27H29N5O3. The van der Waals surface area contributed by atoms with Crippen LogP contribution in [0.15, 0.2) is 52.9 Å². The molecule has 8 heteroatoms. The first-order chi connectivity index (χ1) is 17.0. The summed E-state index contributed by atoms with van der Waals surface area (Å²) in [5.74, 6) is 1.37. The molecule has 6 rings (SSSR count). The Labute approximate surface area is 203 Å². The number of H-pyrrole nitrogens is 1. The number of nitrogens with one attached hydrogen (secondary N) is 1. The number of fused-ring (bicyclic) bond motifs is 6. The first kappa shape index (κ1) is 22.0. The van der Waals surface area contributed by atoms with Crippen LogP contribution in [0.1, 0.15) is 66.8 Å². The van der Waals surface area contributed by atoms with Gasteiger partial charge >= 0.3 is 0 Å². The summed E-state index contributed by atoms with van der Waals surface area (Å²) < 4.78 is 7.42. The second-order valence-corrected chi connectivity index (χ2v) is 9.79. The topological polar surface area (TPSA) is 92.6 Å². The Hall–Kier alpha value is -3.52. The lowest BCUT2D eigenvalue weighted by Gasteiger charge is -2.21. The summed E-state index contributed by atoms with van der Waals surface area (Å²) in [5, 5.41) is 8.66. The number of aromatic nitrogens is 4. The summed E-state index contributed by atoms with van der Waals surface area (Å²) in [7, 11) is 0. The molecule has 2 fully saturated rings. The van der Waals surface area contributed by atoms with E-state index in [0.717, 1.165) is 41.7 Å². The van der Waals surface area contributed by atoms with Crippen molar-refractivity contribution in [3.63, 3.8) is 0 Å². The van der Waals surface area contributed by atoms with Gasteiger partial charge in [-0.3, -0.25) is 14.0 Å². The second-order valence-electron chi connectivity index (χ2n) is 9.79. The molecule has 3 aliphatic rings. The second kappa shape index (κ2) is 8.30. The summed E-state index contributed by atoms with van der Waals surface area (Å²) in [4.78, 5) is 31.2. The fraction of sp³-hybridized carbons (Fsp3) is 0.407. The third-order valence-corrected chi connectivity index (χ3v) is 7.67. The number of benzene rings is 1. The molecule has 2 saturated heterocycles. The Morgan fingerprint density at radius 2 is 2.06 bits per heavy atom. The van der Waals surface area contributed by atoms with Gasteiger partial charge in [0.25, 0.3) is 11.5 Å². The standard InChI is InChI=1S/C27H29N5O3/c1-4-6-18-17(11-15(3)5-2)14-31-23(18)19-13-22-21(12-20(19)27(31)34)28-26(33)25-30-29-24(32(22)25)16-7-9-35-10-8-16/h4,6,11-13,15-16,23H,1,5,7-10,14H2,2-3H3,(H,28,33)/b17-11-,18-6+. The van der Waals surface area contributed by atoms with Gasteiger partial charge in [0.05, 0.1) is 17.1 Å². The number of aromatic amines is 1. The lowest BCUT2D eigenvalue weighted by Crippen LogP contribution is -2.23. The quantitative estimate of drug-likeness (QED) is 0.620. The number of carbonyl (C=O) groups excluding carboxylic acids is 1. The summed E-state index contributed by atoms with van der Waals surface area (Å²) in [6.07, 6.45) is 8.82. The number of nitrogens with zero attached hydrogens (tertiary/aromatic N) is 4. The summed E-state index contributed by atoms with van der Waals surface area (Å²) in [6, 6.07) is 3.70. The van der Waals surface area contributed by atoms with Gasteiger partial charge in [0.2, 0.25) is 5.65 Å². The molecule has 0 saturated carbocycles. The highest BCUT2D eigenvalue weighted by Gasteiger charge is 2.45. The van der Waals surface area contributed by atoms with Gasteiger partial charge in [0, 0.05) is 31.2 Å². The van der Waals surface area contributed by atoms with Gasteiger partial charge < -0.3 is 14.6 Å². The van der Waals surface area contributed by atoms with E-state index in [4.69, 9.17) is 4.74 Å². The predicted octanol–water partition coefficient (Wildman–Crippen LogP) is 4.06. The fourth-order valence-electron chi connectivity index (χ4n) is 5.70. The molecule has 180 valence electrons. The van der Waals surface area contributed by atoms with Gasteiger partial charge in [0.1, 0.15) is 5.82 Å². The van der Waals surface area contributed by atoms with Gasteiger partial charge in [-0.15, -0.1) is 10.2 Å². The lowest BCUT2D eigenvalue weighted by atomic mass is 9.92. The van der Waals surface area contributed by atoms with E-state index in [1.807, 2.05) is 27.5 Å². The molecule has 2 unspecified atom stereocenters. The molecule has 3 aromatic rings. The maximum atomic E-state index is 13.5. The number of hydrogen-bond acceptors (Lipinski definition) is 5. The maximum absolute atomic E-state index is 13.5. The smallest absolute Gasteiger partial charge is 0.294 e. The molecule has 0 spiro atoms. The maximum Gasteiger partial charge on any atom is 0.294 e. The van der Waals surface area contributed by atoms with E-state index >= 15 is 0 Å². The molecule has 2 atom stereocenters. The Balaban J connectivity index is 1.57. The van der Waals surface area contributed by atoms with Crippen LogP contribution in [0.3, 0.4) is 0 Å². The largest absolute Gasteiger partial charge is 0.381 e. The third kappa shape index (κ3) is 3.31. The van der Waals surface area contributed by atoms with E-state index in [9.17, 15) is 9.59 Å². The van der Waals surface area contributed by atoms with Crippen LogP contribution < -0.4 is 5.56 Å². The summed E-state index contributed by atoms with van der Waals surface area (Å²) >= 11 is 0. The number of ether oxygens (including phenoxy) is 1. The van der Waals surface area contributed by atoms with E-state index in [-0.39, 0.29) is 29.1 Å². The zero-order chi connectivity index (χ0) is 24.3. The first-order valence-electron chi connectivity index (χ1n) is 12.4. The molecule has 3 aliphatic heterocycles. The Kier molecular flexibility index (Phi) is 5.21. The number of allylic oxidation sites excluding steroid dienone is 3. The lowest BCUT2D eigenvalue weighted by molar-refractivity contribution is 0.0788. The molecule has 0 aliphatic carbocycles. The van der Waals surface area contributed by atoms with Crippen LogP contribution in [-0.4, -0.2) is 50.1 Å². The molecule has 0 bridgehead atoms. The Bertz CT molecular complexity index is 1490. The number of hydrogen-bond donors (Lipinski definition) is 1. The molecule has 5 heterocycles. The fourth-order valence-corrected chi connectivity index (χ4v) is 5.70. The minimum Gasteiger partial charge on any atom is -0.381 e. The number of carbonyl (C=O) groups is 1. The van der Waals surface area contributed by atoms with Crippen molar-refractivity contribution < 1.29 is 9.53 Å². The molecule has 35 heavy (non-hydrogen) atoms. The van der Waals surface area contributed by atoms with Crippen molar-refractivity contribution in [3.05, 3.63) is 75.4 Å². The van der Waals surface area contributed by atoms with Crippen LogP contribution in [0.5, 0.6) is 0 Å². The van der Waals surface area contributed by atoms with Crippen molar-refractivity contribution in [1.29, 1.82) is 0 Å². The zero-order valence-corrected chi connectivity index (χ0v) is 20.1. The van der Waals surface area contributed by atoms with Crippen LogP contribution in [-0.2, 0) is 4.74 Å². The van der Waals surface area contributed by atoms with E-state index in [0.29, 0.717) is 36.8 Å². The molecule has 1 N–H and O–H groups in total. The molecule has 0 radical (unpaired) electrons. The molecule has 2 aromatic heterocycles. The average Bonchev–Trinajstić information content (AvgIpc) is 3.53. The van der Waals surface area contributed by atoms with Crippen LogP contribution in [0, 0.1) is 5.92 Å². The molecule has 1 aromatic carbocycles. The summed E-state index contributed by atoms with van der Waals surface area (Å²) in [6.45, 7) is 10.2. The van der Waals surface area contributed by atoms with E-state index in [1.165, 1.54) is 5.57 Å².